The molecule has 1 aromatic carbocycles. The summed E-state index contributed by atoms with van der Waals surface area (Å²) in [7, 11) is 0. The second kappa shape index (κ2) is 8.52. The molecule has 0 unspecified atom stereocenters. The van der Waals surface area contributed by atoms with Crippen molar-refractivity contribution in [3.8, 4) is 5.69 Å². The molecule has 1 saturated heterocycles. The van der Waals surface area contributed by atoms with Gasteiger partial charge in [0.15, 0.2) is 0 Å². The highest BCUT2D eigenvalue weighted by atomic mass is 16.2. The first kappa shape index (κ1) is 18.7. The fourth-order valence-corrected chi connectivity index (χ4v) is 3.89. The first-order valence-corrected chi connectivity index (χ1v) is 10.1. The molecule has 0 atom stereocenters. The van der Waals surface area contributed by atoms with Gasteiger partial charge in [0.2, 0.25) is 0 Å². The molecule has 0 N–H and O–H groups in total. The van der Waals surface area contributed by atoms with Crippen LogP contribution in [0.3, 0.4) is 0 Å². The van der Waals surface area contributed by atoms with Crippen LogP contribution in [0.15, 0.2) is 24.3 Å². The Bertz CT molecular complexity index is 757. The number of piperidine rings is 1. The lowest BCUT2D eigenvalue weighted by Crippen LogP contribution is -2.36. The molecule has 1 amide bonds. The van der Waals surface area contributed by atoms with Gasteiger partial charge >= 0.3 is 0 Å². The van der Waals surface area contributed by atoms with E-state index in [9.17, 15) is 4.79 Å². The van der Waals surface area contributed by atoms with Crippen LogP contribution in [0.5, 0.6) is 0 Å². The third kappa shape index (κ3) is 3.69. The van der Waals surface area contributed by atoms with Gasteiger partial charge in [-0.3, -0.25) is 4.79 Å². The van der Waals surface area contributed by atoms with E-state index in [2.05, 4.69) is 39.0 Å². The van der Waals surface area contributed by atoms with E-state index in [-0.39, 0.29) is 5.91 Å². The molecule has 140 valence electrons. The Kier molecular flexibility index (Phi) is 6.12. The van der Waals surface area contributed by atoms with Crippen LogP contribution in [-0.4, -0.2) is 33.7 Å². The molecule has 2 heterocycles. The summed E-state index contributed by atoms with van der Waals surface area (Å²) < 4.78 is 2.04. The maximum atomic E-state index is 13.4. The van der Waals surface area contributed by atoms with Gasteiger partial charge < -0.3 is 4.90 Å². The SMILES string of the molecule is CCCc1nn(-c2ccccc2C)c(CCC)c1C(=O)N1CCCCC1. The Morgan fingerprint density at radius 3 is 2.38 bits per heavy atom. The maximum absolute atomic E-state index is 13.4. The van der Waals surface area contributed by atoms with Crippen molar-refractivity contribution in [2.24, 2.45) is 0 Å². The Morgan fingerprint density at radius 2 is 1.73 bits per heavy atom. The van der Waals surface area contributed by atoms with Crippen LogP contribution >= 0.6 is 0 Å². The summed E-state index contributed by atoms with van der Waals surface area (Å²) in [5.41, 5.74) is 5.20. The van der Waals surface area contributed by atoms with Crippen molar-refractivity contribution in [3.05, 3.63) is 46.8 Å². The van der Waals surface area contributed by atoms with Crippen molar-refractivity contribution in [2.75, 3.05) is 13.1 Å². The third-order valence-electron chi connectivity index (χ3n) is 5.23. The number of benzene rings is 1. The van der Waals surface area contributed by atoms with Gasteiger partial charge in [-0.05, 0) is 50.7 Å². The number of carbonyl (C=O) groups excluding carboxylic acids is 1. The number of para-hydroxylation sites is 1. The molecule has 0 spiro atoms. The minimum absolute atomic E-state index is 0.191. The summed E-state index contributed by atoms with van der Waals surface area (Å²) >= 11 is 0. The summed E-state index contributed by atoms with van der Waals surface area (Å²) in [5, 5.41) is 4.93. The lowest BCUT2D eigenvalue weighted by atomic mass is 10.0. The van der Waals surface area contributed by atoms with E-state index in [1.807, 2.05) is 15.6 Å². The average molecular weight is 354 g/mol. The molecule has 1 fully saturated rings. The van der Waals surface area contributed by atoms with Gasteiger partial charge in [0.1, 0.15) is 0 Å². The molecule has 0 bridgehead atoms. The summed E-state index contributed by atoms with van der Waals surface area (Å²) in [6, 6.07) is 8.31. The molecule has 1 aromatic heterocycles. The molecule has 3 rings (SSSR count). The Balaban J connectivity index is 2.11. The maximum Gasteiger partial charge on any atom is 0.257 e. The molecule has 26 heavy (non-hydrogen) atoms. The quantitative estimate of drug-likeness (QED) is 0.754. The highest BCUT2D eigenvalue weighted by Crippen LogP contribution is 2.26. The van der Waals surface area contributed by atoms with Crippen LogP contribution in [0.25, 0.3) is 5.69 Å². The standard InChI is InChI=1S/C22H31N3O/c1-4-11-18-21(22(26)24-15-9-6-10-16-24)20(12-5-2)25(23-18)19-14-8-7-13-17(19)3/h7-8,13-14H,4-6,9-12,15-16H2,1-3H3. The molecule has 0 radical (unpaired) electrons. The summed E-state index contributed by atoms with van der Waals surface area (Å²) in [6.07, 6.45) is 7.19. The van der Waals surface area contributed by atoms with Crippen molar-refractivity contribution in [1.29, 1.82) is 0 Å². The van der Waals surface area contributed by atoms with E-state index in [0.717, 1.165) is 74.3 Å². The van der Waals surface area contributed by atoms with Crippen molar-refractivity contribution in [1.82, 2.24) is 14.7 Å². The van der Waals surface area contributed by atoms with Crippen molar-refractivity contribution < 1.29 is 4.79 Å². The van der Waals surface area contributed by atoms with E-state index in [4.69, 9.17) is 5.10 Å². The molecular weight excluding hydrogens is 322 g/mol. The summed E-state index contributed by atoms with van der Waals surface area (Å²) in [4.78, 5) is 15.4. The number of aromatic nitrogens is 2. The fourth-order valence-electron chi connectivity index (χ4n) is 3.89. The van der Waals surface area contributed by atoms with Crippen molar-refractivity contribution >= 4 is 5.91 Å². The summed E-state index contributed by atoms with van der Waals surface area (Å²) in [5.74, 6) is 0.191. The Hall–Kier alpha value is -2.10. The van der Waals surface area contributed by atoms with E-state index in [0.29, 0.717) is 0 Å². The summed E-state index contributed by atoms with van der Waals surface area (Å²) in [6.45, 7) is 8.20. The van der Waals surface area contributed by atoms with Gasteiger partial charge in [0, 0.05) is 13.1 Å². The van der Waals surface area contributed by atoms with Crippen LogP contribution in [0.2, 0.25) is 0 Å². The van der Waals surface area contributed by atoms with Crippen LogP contribution in [0.1, 0.15) is 73.3 Å². The molecule has 4 heteroatoms. The second-order valence-corrected chi connectivity index (χ2v) is 7.32. The number of likely N-dealkylation sites (tertiary alicyclic amines) is 1. The first-order chi connectivity index (χ1) is 12.7. The molecule has 1 aliphatic rings. The molecule has 0 saturated carbocycles. The number of aryl methyl sites for hydroxylation is 2. The highest BCUT2D eigenvalue weighted by Gasteiger charge is 2.28. The third-order valence-corrected chi connectivity index (χ3v) is 5.23. The predicted octanol–water partition coefficient (Wildman–Crippen LogP) is 4.71. The Labute approximate surface area is 157 Å². The normalized spacial score (nSPS) is 14.7. The smallest absolute Gasteiger partial charge is 0.257 e. The van der Waals surface area contributed by atoms with E-state index in [1.165, 1.54) is 12.0 Å². The number of hydrogen-bond acceptors (Lipinski definition) is 2. The molecule has 0 aliphatic carbocycles. The van der Waals surface area contributed by atoms with Gasteiger partial charge in [-0.1, -0.05) is 44.9 Å². The minimum atomic E-state index is 0.191. The topological polar surface area (TPSA) is 38.1 Å². The molecule has 4 nitrogen and oxygen atoms in total. The van der Waals surface area contributed by atoms with Crippen LogP contribution in [0, 0.1) is 6.92 Å². The number of hydrogen-bond donors (Lipinski definition) is 0. The second-order valence-electron chi connectivity index (χ2n) is 7.32. The number of carbonyl (C=O) groups is 1. The van der Waals surface area contributed by atoms with Crippen LogP contribution in [-0.2, 0) is 12.8 Å². The fraction of sp³-hybridized carbons (Fsp3) is 0.545. The van der Waals surface area contributed by atoms with Crippen molar-refractivity contribution in [3.63, 3.8) is 0 Å². The highest BCUT2D eigenvalue weighted by molar-refractivity contribution is 5.96. The number of nitrogens with zero attached hydrogens (tertiary/aromatic N) is 3. The average Bonchev–Trinajstić information content (AvgIpc) is 3.01. The Morgan fingerprint density at radius 1 is 1.04 bits per heavy atom. The largest absolute Gasteiger partial charge is 0.339 e. The van der Waals surface area contributed by atoms with E-state index in [1.54, 1.807) is 0 Å². The van der Waals surface area contributed by atoms with Gasteiger partial charge in [0.05, 0.1) is 22.6 Å². The number of amides is 1. The van der Waals surface area contributed by atoms with Crippen LogP contribution < -0.4 is 0 Å². The lowest BCUT2D eigenvalue weighted by Gasteiger charge is -2.27. The monoisotopic (exact) mass is 353 g/mol. The molecule has 2 aromatic rings. The molecule has 1 aliphatic heterocycles. The zero-order valence-electron chi connectivity index (χ0n) is 16.4. The van der Waals surface area contributed by atoms with E-state index < -0.39 is 0 Å². The van der Waals surface area contributed by atoms with Gasteiger partial charge in [-0.25, -0.2) is 4.68 Å². The van der Waals surface area contributed by atoms with Gasteiger partial charge in [-0.2, -0.15) is 5.10 Å². The number of rotatable bonds is 6. The van der Waals surface area contributed by atoms with Crippen molar-refractivity contribution in [2.45, 2.75) is 65.7 Å². The zero-order chi connectivity index (χ0) is 18.5. The van der Waals surface area contributed by atoms with Crippen LogP contribution in [0.4, 0.5) is 0 Å². The van der Waals surface area contributed by atoms with E-state index >= 15 is 0 Å². The molecular formula is C22H31N3O. The van der Waals surface area contributed by atoms with Gasteiger partial charge in [0.25, 0.3) is 5.91 Å². The zero-order valence-corrected chi connectivity index (χ0v) is 16.4. The first-order valence-electron chi connectivity index (χ1n) is 10.1. The van der Waals surface area contributed by atoms with Gasteiger partial charge in [-0.15, -0.1) is 0 Å². The minimum Gasteiger partial charge on any atom is -0.339 e. The lowest BCUT2D eigenvalue weighted by molar-refractivity contribution is 0.0722. The predicted molar refractivity (Wildman–Crippen MR) is 106 cm³/mol.